The van der Waals surface area contributed by atoms with Gasteiger partial charge in [-0.2, -0.15) is 0 Å². The molecule has 1 aromatic carbocycles. The first kappa shape index (κ1) is 14.2. The minimum absolute atomic E-state index is 0.234. The van der Waals surface area contributed by atoms with Crippen molar-refractivity contribution in [2.75, 3.05) is 17.9 Å². The van der Waals surface area contributed by atoms with Crippen molar-refractivity contribution >= 4 is 27.5 Å². The van der Waals surface area contributed by atoms with E-state index in [0.29, 0.717) is 15.7 Å². The summed E-state index contributed by atoms with van der Waals surface area (Å²) in [6.07, 6.45) is 1.54. The number of hydrogen-bond acceptors (Lipinski definition) is 5. The molecule has 0 aliphatic rings. The van der Waals surface area contributed by atoms with Crippen LogP contribution in [0.4, 0.5) is 19.3 Å². The van der Waals surface area contributed by atoms with E-state index in [2.05, 4.69) is 21.1 Å². The first-order valence-electron chi connectivity index (χ1n) is 5.71. The highest BCUT2D eigenvalue weighted by Gasteiger charge is 2.06. The number of urea groups is 1. The Bertz CT molecular complexity index is 590. The predicted molar refractivity (Wildman–Crippen MR) is 75.0 cm³/mol. The van der Waals surface area contributed by atoms with Crippen molar-refractivity contribution in [1.29, 1.82) is 0 Å². The summed E-state index contributed by atoms with van der Waals surface area (Å²) in [7, 11) is 1.48. The van der Waals surface area contributed by atoms with Crippen LogP contribution in [-0.4, -0.2) is 18.1 Å². The Balaban J connectivity index is 1.82. The van der Waals surface area contributed by atoms with Crippen molar-refractivity contribution in [2.45, 2.75) is 6.54 Å². The maximum absolute atomic E-state index is 13.0. The van der Waals surface area contributed by atoms with Gasteiger partial charge in [0.15, 0.2) is 5.13 Å². The molecule has 2 aromatic rings. The van der Waals surface area contributed by atoms with Gasteiger partial charge in [0.2, 0.25) is 0 Å². The van der Waals surface area contributed by atoms with E-state index in [9.17, 15) is 9.18 Å². The fourth-order valence-electron chi connectivity index (χ4n) is 1.45. The van der Waals surface area contributed by atoms with Crippen molar-refractivity contribution in [3.63, 3.8) is 0 Å². The van der Waals surface area contributed by atoms with Crippen LogP contribution in [0.25, 0.3) is 0 Å². The summed E-state index contributed by atoms with van der Waals surface area (Å²) < 4.78 is 13.0. The number of rotatable bonds is 5. The van der Waals surface area contributed by atoms with Gasteiger partial charge in [-0.15, -0.1) is 0 Å². The van der Waals surface area contributed by atoms with E-state index in [-0.39, 0.29) is 12.4 Å². The van der Waals surface area contributed by atoms with Crippen LogP contribution in [0.2, 0.25) is 0 Å². The van der Waals surface area contributed by atoms with Gasteiger partial charge in [0, 0.05) is 6.54 Å². The molecule has 106 valence electrons. The molecular formula is C12H13FN4O2S. The molecule has 8 heteroatoms. The molecule has 0 bridgehead atoms. The van der Waals surface area contributed by atoms with E-state index in [0.717, 1.165) is 0 Å². The fraction of sp³-hybridized carbons (Fsp3) is 0.167. The molecule has 0 aliphatic carbocycles. The third kappa shape index (κ3) is 4.18. The lowest BCUT2D eigenvalue weighted by molar-refractivity contribution is 0.251. The second-order valence-corrected chi connectivity index (χ2v) is 4.80. The summed E-state index contributed by atoms with van der Waals surface area (Å²) >= 11 is 1.23. The smallest absolute Gasteiger partial charge is 0.321 e. The molecule has 2 amide bonds. The Morgan fingerprint density at radius 3 is 3.10 bits per heavy atom. The number of halogens is 1. The van der Waals surface area contributed by atoms with Crippen molar-refractivity contribution < 1.29 is 14.0 Å². The summed E-state index contributed by atoms with van der Waals surface area (Å²) in [5.74, 6) is -0.333. The molecule has 0 unspecified atom stereocenters. The normalized spacial score (nSPS) is 10.1. The number of carbonyl (C=O) groups excluding carboxylic acids is 1. The average Bonchev–Trinajstić information content (AvgIpc) is 2.84. The van der Waals surface area contributed by atoms with Crippen LogP contribution in [-0.2, 0) is 11.4 Å². The molecule has 0 spiro atoms. The number of benzene rings is 1. The van der Waals surface area contributed by atoms with Gasteiger partial charge in [-0.1, -0.05) is 23.5 Å². The summed E-state index contributed by atoms with van der Waals surface area (Å²) in [6.45, 7) is 0.234. The third-order valence-electron chi connectivity index (χ3n) is 2.27. The van der Waals surface area contributed by atoms with Crippen LogP contribution in [0, 0.1) is 5.82 Å². The fourth-order valence-corrected chi connectivity index (χ4v) is 2.14. The maximum atomic E-state index is 13.0. The average molecular weight is 296 g/mol. The standard InChI is InChI=1S/C12H13FN4O2S/c1-19-17-10-7-15-12(20-10)16-11(18)14-6-8-3-2-4-9(13)5-8/h2-5,7,17H,6H2,1H3,(H2,14,15,16,18). The number of amides is 2. The number of anilines is 2. The van der Waals surface area contributed by atoms with Gasteiger partial charge in [-0.05, 0) is 17.7 Å². The molecule has 0 aliphatic heterocycles. The quantitative estimate of drug-likeness (QED) is 0.741. The van der Waals surface area contributed by atoms with Crippen molar-refractivity contribution in [3.05, 3.63) is 41.8 Å². The lowest BCUT2D eigenvalue weighted by Gasteiger charge is -2.05. The van der Waals surface area contributed by atoms with Gasteiger partial charge >= 0.3 is 6.03 Å². The SMILES string of the molecule is CONc1cnc(NC(=O)NCc2cccc(F)c2)s1. The van der Waals surface area contributed by atoms with Gasteiger partial charge < -0.3 is 5.32 Å². The summed E-state index contributed by atoms with van der Waals surface area (Å²) in [6, 6.07) is 5.63. The Morgan fingerprint density at radius 1 is 1.50 bits per heavy atom. The summed E-state index contributed by atoms with van der Waals surface area (Å²) in [5, 5.41) is 6.29. The first-order valence-corrected chi connectivity index (χ1v) is 6.53. The number of nitrogens with one attached hydrogen (secondary N) is 3. The minimum atomic E-state index is -0.410. The largest absolute Gasteiger partial charge is 0.334 e. The summed E-state index contributed by atoms with van der Waals surface area (Å²) in [4.78, 5) is 20.3. The van der Waals surface area contributed by atoms with E-state index in [1.807, 2.05) is 0 Å². The Labute approximate surface area is 118 Å². The molecule has 0 fully saturated rings. The van der Waals surface area contributed by atoms with Crippen LogP contribution in [0.15, 0.2) is 30.5 Å². The molecule has 3 N–H and O–H groups in total. The number of carbonyl (C=O) groups is 1. The second-order valence-electron chi connectivity index (χ2n) is 3.77. The minimum Gasteiger partial charge on any atom is -0.334 e. The number of thiazole rings is 1. The zero-order valence-corrected chi connectivity index (χ0v) is 11.5. The molecule has 20 heavy (non-hydrogen) atoms. The number of hydrogen-bond donors (Lipinski definition) is 3. The Morgan fingerprint density at radius 2 is 2.35 bits per heavy atom. The van der Waals surface area contributed by atoms with Crippen LogP contribution in [0.5, 0.6) is 0 Å². The van der Waals surface area contributed by atoms with Gasteiger partial charge in [0.25, 0.3) is 0 Å². The highest BCUT2D eigenvalue weighted by molar-refractivity contribution is 7.19. The van der Waals surface area contributed by atoms with Gasteiger partial charge in [0.05, 0.1) is 13.3 Å². The van der Waals surface area contributed by atoms with Crippen molar-refractivity contribution in [2.24, 2.45) is 0 Å². The second kappa shape index (κ2) is 6.83. The van der Waals surface area contributed by atoms with Crippen molar-refractivity contribution in [1.82, 2.24) is 10.3 Å². The molecular weight excluding hydrogens is 283 g/mol. The van der Waals surface area contributed by atoms with E-state index < -0.39 is 6.03 Å². The molecule has 0 radical (unpaired) electrons. The molecule has 0 atom stereocenters. The van der Waals surface area contributed by atoms with E-state index in [1.165, 1.54) is 36.8 Å². The lowest BCUT2D eigenvalue weighted by atomic mass is 10.2. The molecule has 6 nitrogen and oxygen atoms in total. The Kier molecular flexibility index (Phi) is 4.85. The van der Waals surface area contributed by atoms with Crippen LogP contribution in [0.3, 0.4) is 0 Å². The first-order chi connectivity index (χ1) is 9.67. The number of nitrogens with zero attached hydrogens (tertiary/aromatic N) is 1. The van der Waals surface area contributed by atoms with Crippen LogP contribution in [0.1, 0.15) is 5.56 Å². The Hall–Kier alpha value is -2.19. The monoisotopic (exact) mass is 296 g/mol. The highest BCUT2D eigenvalue weighted by Crippen LogP contribution is 2.22. The van der Waals surface area contributed by atoms with E-state index in [1.54, 1.807) is 12.1 Å². The van der Waals surface area contributed by atoms with E-state index in [4.69, 9.17) is 4.84 Å². The highest BCUT2D eigenvalue weighted by atomic mass is 32.1. The zero-order valence-electron chi connectivity index (χ0n) is 10.6. The van der Waals surface area contributed by atoms with Gasteiger partial charge in [-0.3, -0.25) is 15.6 Å². The van der Waals surface area contributed by atoms with E-state index >= 15 is 0 Å². The topological polar surface area (TPSA) is 75.3 Å². The number of aromatic nitrogens is 1. The molecule has 1 heterocycles. The maximum Gasteiger partial charge on any atom is 0.321 e. The zero-order chi connectivity index (χ0) is 14.4. The van der Waals surface area contributed by atoms with Crippen LogP contribution < -0.4 is 16.1 Å². The van der Waals surface area contributed by atoms with Crippen molar-refractivity contribution in [3.8, 4) is 0 Å². The third-order valence-corrected chi connectivity index (χ3v) is 3.08. The molecule has 2 rings (SSSR count). The van der Waals surface area contributed by atoms with Gasteiger partial charge in [-0.25, -0.2) is 14.2 Å². The molecule has 0 saturated carbocycles. The van der Waals surface area contributed by atoms with Gasteiger partial charge in [0.1, 0.15) is 10.8 Å². The lowest BCUT2D eigenvalue weighted by Crippen LogP contribution is -2.28. The molecule has 0 saturated heterocycles. The predicted octanol–water partition coefficient (Wildman–Crippen LogP) is 2.58. The summed E-state index contributed by atoms with van der Waals surface area (Å²) in [5.41, 5.74) is 3.29. The van der Waals surface area contributed by atoms with Crippen LogP contribution >= 0.6 is 11.3 Å². The molecule has 1 aromatic heterocycles.